The highest BCUT2D eigenvalue weighted by Crippen LogP contribution is 2.46. The number of carboxylic acids is 1. The molecule has 0 bridgehead atoms. The molecule has 0 saturated carbocycles. The van der Waals surface area contributed by atoms with Crippen molar-refractivity contribution >= 4 is 34.9 Å². The second-order valence-corrected chi connectivity index (χ2v) is 7.89. The highest BCUT2D eigenvalue weighted by molar-refractivity contribution is 6.33. The lowest BCUT2D eigenvalue weighted by molar-refractivity contribution is -0.141. The summed E-state index contributed by atoms with van der Waals surface area (Å²) in [5.41, 5.74) is 1.00. The van der Waals surface area contributed by atoms with Gasteiger partial charge in [0, 0.05) is 5.56 Å². The maximum absolute atomic E-state index is 14.2. The van der Waals surface area contributed by atoms with Crippen LogP contribution in [0.5, 0.6) is 5.75 Å². The van der Waals surface area contributed by atoms with E-state index >= 15 is 0 Å². The fourth-order valence-corrected chi connectivity index (χ4v) is 4.10. The normalized spacial score (nSPS) is 17.5. The Bertz CT molecular complexity index is 1290. The Kier molecular flexibility index (Phi) is 5.97. The van der Waals surface area contributed by atoms with Gasteiger partial charge in [0.15, 0.2) is 11.5 Å². The van der Waals surface area contributed by atoms with Crippen molar-refractivity contribution in [2.75, 3.05) is 7.11 Å². The van der Waals surface area contributed by atoms with Gasteiger partial charge in [-0.3, -0.25) is 9.36 Å². The van der Waals surface area contributed by atoms with Crippen LogP contribution >= 0.6 is 23.2 Å². The minimum atomic E-state index is -3.91. The lowest BCUT2D eigenvalue weighted by atomic mass is 9.98. The maximum atomic E-state index is 14.2. The quantitative estimate of drug-likeness (QED) is 0.377. The third kappa shape index (κ3) is 4.11. The number of nitrogens with zero attached hydrogens (tertiary/aromatic N) is 4. The van der Waals surface area contributed by atoms with E-state index in [0.29, 0.717) is 11.3 Å². The van der Waals surface area contributed by atoms with Crippen LogP contribution in [0.3, 0.4) is 0 Å². The van der Waals surface area contributed by atoms with E-state index in [0.717, 1.165) is 4.57 Å². The minimum Gasteiger partial charge on any atom is -0.495 e. The Balaban J connectivity index is 2.05. The van der Waals surface area contributed by atoms with Crippen LogP contribution in [0.1, 0.15) is 41.4 Å². The van der Waals surface area contributed by atoms with E-state index in [2.05, 4.69) is 15.0 Å². The van der Waals surface area contributed by atoms with Gasteiger partial charge in [-0.15, -0.1) is 10.2 Å². The summed E-state index contributed by atoms with van der Waals surface area (Å²) >= 11 is 11.8. The van der Waals surface area contributed by atoms with Gasteiger partial charge in [0.25, 0.3) is 0 Å². The maximum Gasteiger partial charge on any atom is 0.382 e. The number of ether oxygens (including phenoxy) is 2. The molecule has 1 aliphatic heterocycles. The zero-order valence-electron chi connectivity index (χ0n) is 16.8. The molecule has 0 unspecified atom stereocenters. The summed E-state index contributed by atoms with van der Waals surface area (Å²) in [6.07, 6.45) is -2.95. The second-order valence-electron chi connectivity index (χ2n) is 7.04. The Morgan fingerprint density at radius 3 is 2.73 bits per heavy atom. The van der Waals surface area contributed by atoms with Crippen LogP contribution in [0.2, 0.25) is 5.02 Å². The van der Waals surface area contributed by atoms with Crippen molar-refractivity contribution in [1.29, 1.82) is 0 Å². The molecule has 0 spiro atoms. The van der Waals surface area contributed by atoms with Crippen molar-refractivity contribution in [2.24, 2.45) is 0 Å². The van der Waals surface area contributed by atoms with Gasteiger partial charge >= 0.3 is 11.4 Å². The summed E-state index contributed by atoms with van der Waals surface area (Å²) < 4.78 is 40.8. The number of carbonyl (C=O) groups is 1. The highest BCUT2D eigenvalue weighted by Gasteiger charge is 2.42. The van der Waals surface area contributed by atoms with Crippen LogP contribution in [0.25, 0.3) is 10.5 Å². The summed E-state index contributed by atoms with van der Waals surface area (Å²) in [5.74, 6) is -2.01. The summed E-state index contributed by atoms with van der Waals surface area (Å²) in [7, 11) is 1.42. The molecular weight excluding hydrogens is 481 g/mol. The van der Waals surface area contributed by atoms with Crippen LogP contribution in [-0.2, 0) is 14.9 Å². The zero-order valence-corrected chi connectivity index (χ0v) is 18.3. The Labute approximate surface area is 196 Å². The van der Waals surface area contributed by atoms with E-state index in [-0.39, 0.29) is 27.8 Å². The van der Waals surface area contributed by atoms with Crippen molar-refractivity contribution in [3.05, 3.63) is 75.6 Å². The average Bonchev–Trinajstić information content (AvgIpc) is 3.17. The molecule has 4 rings (SSSR count). The number of hydrogen-bond donors (Lipinski definition) is 1. The fourth-order valence-electron chi connectivity index (χ4n) is 3.68. The highest BCUT2D eigenvalue weighted by atomic mass is 35.5. The first-order valence-electron chi connectivity index (χ1n) is 9.39. The smallest absolute Gasteiger partial charge is 0.382 e. The van der Waals surface area contributed by atoms with Gasteiger partial charge in [0.05, 0.1) is 30.8 Å². The molecule has 170 valence electrons. The molecule has 33 heavy (non-hydrogen) atoms. The molecule has 3 aromatic rings. The first-order chi connectivity index (χ1) is 15.7. The third-order valence-electron chi connectivity index (χ3n) is 5.05. The lowest BCUT2D eigenvalue weighted by Crippen LogP contribution is -2.17. The van der Waals surface area contributed by atoms with Gasteiger partial charge in [-0.25, -0.2) is 4.85 Å². The molecular formula is C21H14Cl2F2N4O4. The van der Waals surface area contributed by atoms with Gasteiger partial charge in [-0.1, -0.05) is 29.8 Å². The van der Waals surface area contributed by atoms with Crippen LogP contribution in [0.4, 0.5) is 14.5 Å². The second kappa shape index (κ2) is 8.59. The number of hydrogen-bond acceptors (Lipinski definition) is 5. The summed E-state index contributed by atoms with van der Waals surface area (Å²) in [6, 6.07) is 9.20. The number of alkyl halides is 3. The van der Waals surface area contributed by atoms with E-state index in [4.69, 9.17) is 39.2 Å². The molecule has 2 atom stereocenters. The molecule has 2 aromatic carbocycles. The van der Waals surface area contributed by atoms with Gasteiger partial charge in [-0.2, -0.15) is 8.78 Å². The Morgan fingerprint density at radius 1 is 1.33 bits per heavy atom. The molecule has 2 heterocycles. The molecule has 0 aliphatic carbocycles. The van der Waals surface area contributed by atoms with Crippen molar-refractivity contribution in [3.8, 4) is 11.4 Å². The summed E-state index contributed by atoms with van der Waals surface area (Å²) in [6.45, 7) is 7.37. The van der Waals surface area contributed by atoms with Crippen LogP contribution in [0.15, 0.2) is 36.4 Å². The van der Waals surface area contributed by atoms with Crippen molar-refractivity contribution in [1.82, 2.24) is 14.8 Å². The first-order valence-corrected chi connectivity index (χ1v) is 10.1. The monoisotopic (exact) mass is 494 g/mol. The molecule has 0 fully saturated rings. The summed E-state index contributed by atoms with van der Waals surface area (Å²) in [4.78, 5) is 15.0. The van der Waals surface area contributed by atoms with E-state index in [1.807, 2.05) is 0 Å². The minimum absolute atomic E-state index is 0.148. The first kappa shape index (κ1) is 22.9. The fraction of sp³-hybridized carbons (Fsp3) is 0.238. The van der Waals surface area contributed by atoms with Crippen molar-refractivity contribution in [2.45, 2.75) is 24.0 Å². The predicted molar refractivity (Wildman–Crippen MR) is 113 cm³/mol. The molecule has 0 radical (unpaired) electrons. The van der Waals surface area contributed by atoms with Crippen LogP contribution in [0, 0.1) is 6.57 Å². The third-order valence-corrected chi connectivity index (χ3v) is 5.62. The SMILES string of the molecule is [C-]#[N+]c1ccc2c(c1)[C@H](c1cccc(OC)c1Cl)O[C@@H](CC(=O)O)c1nnc(C(F)(F)Cl)n1-2. The molecule has 0 saturated heterocycles. The summed E-state index contributed by atoms with van der Waals surface area (Å²) in [5, 5.41) is 13.0. The van der Waals surface area contributed by atoms with Gasteiger partial charge in [0.1, 0.15) is 18.0 Å². The van der Waals surface area contributed by atoms with Gasteiger partial charge in [-0.05, 0) is 35.4 Å². The molecule has 1 aliphatic rings. The van der Waals surface area contributed by atoms with Crippen molar-refractivity contribution in [3.63, 3.8) is 0 Å². The number of methoxy groups -OCH3 is 1. The Morgan fingerprint density at radius 2 is 2.09 bits per heavy atom. The molecule has 0 amide bonds. The molecule has 1 aromatic heterocycles. The van der Waals surface area contributed by atoms with E-state index < -0.39 is 35.8 Å². The van der Waals surface area contributed by atoms with E-state index in [9.17, 15) is 18.7 Å². The number of fused-ring (bicyclic) bond motifs is 3. The lowest BCUT2D eigenvalue weighted by Gasteiger charge is -2.23. The number of halogens is 4. The number of aliphatic carboxylic acids is 1. The van der Waals surface area contributed by atoms with E-state index in [1.165, 1.54) is 25.3 Å². The van der Waals surface area contributed by atoms with E-state index in [1.54, 1.807) is 18.2 Å². The van der Waals surface area contributed by atoms with Crippen LogP contribution < -0.4 is 4.74 Å². The standard InChI is InChI=1S/C21H14Cl2F2N4O4/c1-26-10-6-7-13-12(8-10)18(11-4-3-5-14(32-2)17(11)22)33-15(9-16(30)31)19-27-28-20(29(13)19)21(23,24)25/h3-8,15,18H,9H2,2H3,(H,30,31)/t15-,18-/m0/s1. The zero-order chi connectivity index (χ0) is 23.9. The average molecular weight is 495 g/mol. The number of benzene rings is 2. The predicted octanol–water partition coefficient (Wildman–Crippen LogP) is 5.40. The molecule has 12 heteroatoms. The Hall–Kier alpha value is -3.26. The molecule has 8 nitrogen and oxygen atoms in total. The van der Waals surface area contributed by atoms with Crippen LogP contribution in [-0.4, -0.2) is 33.0 Å². The molecule has 1 N–H and O–H groups in total. The largest absolute Gasteiger partial charge is 0.495 e. The topological polar surface area (TPSA) is 90.8 Å². The number of aromatic nitrogens is 3. The van der Waals surface area contributed by atoms with Gasteiger partial charge < -0.3 is 14.6 Å². The van der Waals surface area contributed by atoms with Crippen molar-refractivity contribution < 1.29 is 28.2 Å². The van der Waals surface area contributed by atoms with Gasteiger partial charge in [0.2, 0.25) is 5.82 Å². The number of rotatable bonds is 5. The number of carboxylic acid groups (broad SMARTS) is 1.